The van der Waals surface area contributed by atoms with Crippen LogP contribution >= 0.6 is 50.2 Å². The predicted octanol–water partition coefficient (Wildman–Crippen LogP) is 5.47. The zero-order valence-electron chi connectivity index (χ0n) is 11.2. The highest BCUT2D eigenvalue weighted by Gasteiger charge is 2.10. The molecule has 0 saturated carbocycles. The molecule has 0 saturated heterocycles. The largest absolute Gasteiger partial charge is 0.302 e. The summed E-state index contributed by atoms with van der Waals surface area (Å²) in [5, 5.41) is 5.36. The molecule has 0 radical (unpaired) electrons. The Kier molecular flexibility index (Phi) is 4.93. The molecule has 2 heterocycles. The fraction of sp³-hybridized carbons (Fsp3) is 0.0667. The van der Waals surface area contributed by atoms with Crippen LogP contribution in [0.3, 0.4) is 0 Å². The number of nitrogens with zero attached hydrogens (tertiary/aromatic N) is 1. The summed E-state index contributed by atoms with van der Waals surface area (Å²) in [7, 11) is 0. The van der Waals surface area contributed by atoms with Gasteiger partial charge in [0.25, 0.3) is 0 Å². The van der Waals surface area contributed by atoms with Gasteiger partial charge in [0.1, 0.15) is 0 Å². The number of nitrogens with one attached hydrogen (secondary N) is 1. The summed E-state index contributed by atoms with van der Waals surface area (Å²) in [6.07, 6.45) is 0.310. The summed E-state index contributed by atoms with van der Waals surface area (Å²) in [6, 6.07) is 11.6. The van der Waals surface area contributed by atoms with E-state index in [4.69, 9.17) is 11.6 Å². The van der Waals surface area contributed by atoms with Gasteiger partial charge in [0.15, 0.2) is 5.13 Å². The van der Waals surface area contributed by atoms with Gasteiger partial charge in [-0.1, -0.05) is 39.7 Å². The summed E-state index contributed by atoms with van der Waals surface area (Å²) in [5.41, 5.74) is 1.87. The lowest BCUT2D eigenvalue weighted by atomic mass is 10.2. The summed E-state index contributed by atoms with van der Waals surface area (Å²) < 4.78 is 1.71. The number of thiazole rings is 1. The smallest absolute Gasteiger partial charge is 0.231 e. The first-order valence-electron chi connectivity index (χ1n) is 6.36. The molecule has 3 aromatic rings. The zero-order chi connectivity index (χ0) is 15.5. The Morgan fingerprint density at radius 3 is 2.68 bits per heavy atom. The summed E-state index contributed by atoms with van der Waals surface area (Å²) in [5.74, 6) is -0.0878. The molecule has 3 nitrogen and oxygen atoms in total. The summed E-state index contributed by atoms with van der Waals surface area (Å²) >= 11 is 12.1. The van der Waals surface area contributed by atoms with E-state index in [2.05, 4.69) is 26.2 Å². The molecule has 0 fully saturated rings. The topological polar surface area (TPSA) is 42.0 Å². The van der Waals surface area contributed by atoms with Crippen molar-refractivity contribution in [3.8, 4) is 11.3 Å². The molecule has 1 amide bonds. The lowest BCUT2D eigenvalue weighted by Gasteiger charge is -2.00. The van der Waals surface area contributed by atoms with Gasteiger partial charge < -0.3 is 5.32 Å². The Hall–Kier alpha value is -1.21. The van der Waals surface area contributed by atoms with Gasteiger partial charge >= 0.3 is 0 Å². The van der Waals surface area contributed by atoms with Gasteiger partial charge in [-0.05, 0) is 24.3 Å². The molecule has 0 bridgehead atoms. The number of anilines is 1. The Bertz CT molecular complexity index is 798. The van der Waals surface area contributed by atoms with Crippen molar-refractivity contribution in [2.45, 2.75) is 6.42 Å². The van der Waals surface area contributed by atoms with Gasteiger partial charge in [-0.3, -0.25) is 4.79 Å². The molecule has 7 heteroatoms. The standard InChI is InChI=1S/C15H10BrClN2OS2/c16-10-3-1-9(2-4-10)12-8-21-15(18-12)19-14(20)7-11-5-6-13(17)22-11/h1-6,8H,7H2,(H,18,19,20). The molecule has 1 N–H and O–H groups in total. The fourth-order valence-electron chi connectivity index (χ4n) is 1.85. The van der Waals surface area contributed by atoms with Gasteiger partial charge in [-0.25, -0.2) is 4.98 Å². The Morgan fingerprint density at radius 2 is 2.00 bits per heavy atom. The number of halogens is 2. The fourth-order valence-corrected chi connectivity index (χ4v) is 3.94. The van der Waals surface area contributed by atoms with E-state index in [1.807, 2.05) is 35.7 Å². The van der Waals surface area contributed by atoms with Crippen molar-refractivity contribution in [3.05, 3.63) is 55.5 Å². The van der Waals surface area contributed by atoms with Crippen molar-refractivity contribution in [2.24, 2.45) is 0 Å². The van der Waals surface area contributed by atoms with Crippen molar-refractivity contribution in [1.82, 2.24) is 4.98 Å². The van der Waals surface area contributed by atoms with Crippen LogP contribution in [0, 0.1) is 0 Å². The monoisotopic (exact) mass is 412 g/mol. The van der Waals surface area contributed by atoms with Crippen LogP contribution in [-0.2, 0) is 11.2 Å². The number of amides is 1. The highest BCUT2D eigenvalue weighted by Crippen LogP contribution is 2.26. The van der Waals surface area contributed by atoms with Crippen LogP contribution in [0.1, 0.15) is 4.88 Å². The van der Waals surface area contributed by atoms with Crippen LogP contribution in [0.2, 0.25) is 4.34 Å². The molecule has 2 aromatic heterocycles. The van der Waals surface area contributed by atoms with E-state index in [1.54, 1.807) is 6.07 Å². The lowest BCUT2D eigenvalue weighted by molar-refractivity contribution is -0.115. The number of hydrogen-bond donors (Lipinski definition) is 1. The second-order valence-corrected chi connectivity index (χ2v) is 8.05. The van der Waals surface area contributed by atoms with Crippen LogP contribution in [-0.4, -0.2) is 10.9 Å². The van der Waals surface area contributed by atoms with E-state index >= 15 is 0 Å². The molecule has 0 unspecified atom stereocenters. The molecule has 0 atom stereocenters. The van der Waals surface area contributed by atoms with E-state index in [0.717, 1.165) is 20.6 Å². The highest BCUT2D eigenvalue weighted by atomic mass is 79.9. The Balaban J connectivity index is 1.66. The first kappa shape index (κ1) is 15.7. The van der Waals surface area contributed by atoms with Crippen LogP contribution in [0.15, 0.2) is 46.3 Å². The molecule has 0 aliphatic rings. The second-order valence-electron chi connectivity index (χ2n) is 4.48. The lowest BCUT2D eigenvalue weighted by Crippen LogP contribution is -2.13. The predicted molar refractivity (Wildman–Crippen MR) is 96.9 cm³/mol. The third kappa shape index (κ3) is 3.95. The van der Waals surface area contributed by atoms with Crippen molar-refractivity contribution in [2.75, 3.05) is 5.32 Å². The third-order valence-electron chi connectivity index (χ3n) is 2.85. The number of rotatable bonds is 4. The van der Waals surface area contributed by atoms with Gasteiger partial charge in [-0.15, -0.1) is 22.7 Å². The van der Waals surface area contributed by atoms with Crippen molar-refractivity contribution in [1.29, 1.82) is 0 Å². The van der Waals surface area contributed by atoms with Crippen LogP contribution in [0.5, 0.6) is 0 Å². The van der Waals surface area contributed by atoms with E-state index in [-0.39, 0.29) is 5.91 Å². The molecule has 1 aromatic carbocycles. The SMILES string of the molecule is O=C(Cc1ccc(Cl)s1)Nc1nc(-c2ccc(Br)cc2)cs1. The average molecular weight is 414 g/mol. The number of hydrogen-bond acceptors (Lipinski definition) is 4. The zero-order valence-corrected chi connectivity index (χ0v) is 15.2. The third-order valence-corrected chi connectivity index (χ3v) is 5.37. The van der Waals surface area contributed by atoms with Crippen LogP contribution in [0.25, 0.3) is 11.3 Å². The molecule has 3 rings (SSSR count). The van der Waals surface area contributed by atoms with Crippen molar-refractivity contribution in [3.63, 3.8) is 0 Å². The maximum absolute atomic E-state index is 12.0. The number of carbonyl (C=O) groups excluding carboxylic acids is 1. The van der Waals surface area contributed by atoms with E-state index in [1.165, 1.54) is 22.7 Å². The van der Waals surface area contributed by atoms with E-state index in [9.17, 15) is 4.79 Å². The van der Waals surface area contributed by atoms with Gasteiger partial charge in [0.2, 0.25) is 5.91 Å². The maximum Gasteiger partial charge on any atom is 0.231 e. The number of carbonyl (C=O) groups is 1. The van der Waals surface area contributed by atoms with E-state index in [0.29, 0.717) is 15.9 Å². The number of benzene rings is 1. The maximum atomic E-state index is 12.0. The molecule has 22 heavy (non-hydrogen) atoms. The molecular formula is C15H10BrClN2OS2. The van der Waals surface area contributed by atoms with Crippen molar-refractivity contribution >= 4 is 61.2 Å². The van der Waals surface area contributed by atoms with Crippen molar-refractivity contribution < 1.29 is 4.79 Å². The first-order chi connectivity index (χ1) is 10.6. The quantitative estimate of drug-likeness (QED) is 0.616. The number of thiophene rings is 1. The first-order valence-corrected chi connectivity index (χ1v) is 9.22. The summed E-state index contributed by atoms with van der Waals surface area (Å²) in [6.45, 7) is 0. The van der Waals surface area contributed by atoms with Crippen LogP contribution < -0.4 is 5.32 Å². The summed E-state index contributed by atoms with van der Waals surface area (Å²) in [4.78, 5) is 17.4. The molecule has 0 aliphatic carbocycles. The molecule has 0 spiro atoms. The highest BCUT2D eigenvalue weighted by molar-refractivity contribution is 9.10. The van der Waals surface area contributed by atoms with E-state index < -0.39 is 0 Å². The minimum absolute atomic E-state index is 0.0878. The normalized spacial score (nSPS) is 10.6. The Morgan fingerprint density at radius 1 is 1.23 bits per heavy atom. The van der Waals surface area contributed by atoms with Gasteiger partial charge in [0, 0.05) is 20.3 Å². The molecule has 112 valence electrons. The minimum Gasteiger partial charge on any atom is -0.302 e. The van der Waals surface area contributed by atoms with Gasteiger partial charge in [-0.2, -0.15) is 0 Å². The Labute approximate surface area is 149 Å². The van der Waals surface area contributed by atoms with Crippen LogP contribution in [0.4, 0.5) is 5.13 Å². The van der Waals surface area contributed by atoms with Gasteiger partial charge in [0.05, 0.1) is 16.5 Å². The average Bonchev–Trinajstić information content (AvgIpc) is 3.09. The minimum atomic E-state index is -0.0878. The number of aromatic nitrogens is 1. The second kappa shape index (κ2) is 6.91. The molecular weight excluding hydrogens is 404 g/mol. The molecule has 0 aliphatic heterocycles.